The molecule has 5 heteroatoms. The van der Waals surface area contributed by atoms with Crippen LogP contribution in [0.1, 0.15) is 32.2 Å². The van der Waals surface area contributed by atoms with E-state index >= 15 is 0 Å². The minimum atomic E-state index is -0.00567. The van der Waals surface area contributed by atoms with Crippen molar-refractivity contribution in [2.45, 2.75) is 32.6 Å². The van der Waals surface area contributed by atoms with Gasteiger partial charge in [-0.05, 0) is 18.7 Å². The van der Waals surface area contributed by atoms with Gasteiger partial charge in [0.1, 0.15) is 5.75 Å². The fraction of sp³-hybridized carbons (Fsp3) is 0.389. The van der Waals surface area contributed by atoms with Gasteiger partial charge in [0.05, 0.1) is 18.5 Å². The van der Waals surface area contributed by atoms with Gasteiger partial charge in [-0.2, -0.15) is 0 Å². The Morgan fingerprint density at radius 2 is 2.00 bits per heavy atom. The molecule has 0 saturated carbocycles. The molecule has 2 aromatic heterocycles. The average molecular weight is 329 g/mol. The summed E-state index contributed by atoms with van der Waals surface area (Å²) in [4.78, 5) is 5.90. The number of fused-ring (bicyclic) bond motifs is 1. The Bertz CT molecular complexity index is 827. The number of benzene rings is 1. The highest BCUT2D eigenvalue weighted by Crippen LogP contribution is 2.36. The lowest BCUT2D eigenvalue weighted by molar-refractivity contribution is 0.416. The van der Waals surface area contributed by atoms with Crippen LogP contribution in [0.15, 0.2) is 29.6 Å². The molecule has 3 rings (SSSR count). The normalized spacial score (nSPS) is 12.0. The Balaban J connectivity index is 2.29. The molecule has 23 heavy (non-hydrogen) atoms. The van der Waals surface area contributed by atoms with Gasteiger partial charge in [-0.25, -0.2) is 4.98 Å². The molecule has 3 aromatic rings. The van der Waals surface area contributed by atoms with Crippen molar-refractivity contribution in [2.24, 2.45) is 5.73 Å². The summed E-state index contributed by atoms with van der Waals surface area (Å²) < 4.78 is 7.78. The van der Waals surface area contributed by atoms with Crippen LogP contribution in [0.2, 0.25) is 0 Å². The Morgan fingerprint density at radius 3 is 2.65 bits per heavy atom. The number of hydrogen-bond donors (Lipinski definition) is 1. The zero-order valence-electron chi connectivity index (χ0n) is 14.1. The van der Waals surface area contributed by atoms with E-state index in [2.05, 4.69) is 36.6 Å². The molecule has 0 fully saturated rings. The first-order valence-corrected chi connectivity index (χ1v) is 8.68. The predicted octanol–water partition coefficient (Wildman–Crippen LogP) is 3.87. The van der Waals surface area contributed by atoms with E-state index in [1.165, 1.54) is 5.69 Å². The number of rotatable bonds is 4. The summed E-state index contributed by atoms with van der Waals surface area (Å²) in [6.07, 6.45) is 0.812. The lowest BCUT2D eigenvalue weighted by atomic mass is 9.90. The molecule has 1 aromatic carbocycles. The van der Waals surface area contributed by atoms with Crippen molar-refractivity contribution in [1.29, 1.82) is 0 Å². The summed E-state index contributed by atoms with van der Waals surface area (Å²) in [5, 5.41) is 2.15. The average Bonchev–Trinajstić information content (AvgIpc) is 3.07. The quantitative estimate of drug-likeness (QED) is 0.790. The highest BCUT2D eigenvalue weighted by Gasteiger charge is 2.26. The number of aromatic nitrogens is 2. The molecule has 0 aliphatic rings. The van der Waals surface area contributed by atoms with Crippen molar-refractivity contribution in [3.63, 3.8) is 0 Å². The molecule has 4 nitrogen and oxygen atoms in total. The molecule has 2 heterocycles. The highest BCUT2D eigenvalue weighted by molar-refractivity contribution is 7.15. The maximum atomic E-state index is 5.87. The van der Waals surface area contributed by atoms with Crippen LogP contribution in [-0.2, 0) is 11.8 Å². The lowest BCUT2D eigenvalue weighted by Crippen LogP contribution is -2.17. The summed E-state index contributed by atoms with van der Waals surface area (Å²) in [5.41, 5.74) is 10.4. The summed E-state index contributed by atoms with van der Waals surface area (Å²) in [5.74, 6) is 0.872. The van der Waals surface area contributed by atoms with E-state index in [0.717, 1.165) is 34.1 Å². The van der Waals surface area contributed by atoms with Crippen LogP contribution >= 0.6 is 11.3 Å². The summed E-state index contributed by atoms with van der Waals surface area (Å²) in [7, 11) is 1.71. The Kier molecular flexibility index (Phi) is 4.17. The van der Waals surface area contributed by atoms with Gasteiger partial charge in [0.25, 0.3) is 0 Å². The number of imidazole rings is 1. The summed E-state index contributed by atoms with van der Waals surface area (Å²) >= 11 is 1.66. The highest BCUT2D eigenvalue weighted by atomic mass is 32.1. The van der Waals surface area contributed by atoms with Crippen molar-refractivity contribution >= 4 is 16.3 Å². The standard InChI is InChI=1S/C18H23N3OS/c1-18(2,3)16-13(9-10-19)21-14(11-23-17(21)20-16)12-7-5-6-8-15(12)22-4/h5-8,11H,9-10,19H2,1-4H3. The third-order valence-corrected chi connectivity index (χ3v) is 4.76. The summed E-state index contributed by atoms with van der Waals surface area (Å²) in [6.45, 7) is 7.20. The number of nitrogens with zero attached hydrogens (tertiary/aromatic N) is 2. The number of nitrogens with two attached hydrogens (primary N) is 1. The lowest BCUT2D eigenvalue weighted by Gasteiger charge is -2.18. The van der Waals surface area contributed by atoms with Crippen LogP contribution < -0.4 is 10.5 Å². The predicted molar refractivity (Wildman–Crippen MR) is 96.5 cm³/mol. The topological polar surface area (TPSA) is 52.5 Å². The van der Waals surface area contributed by atoms with Crippen LogP contribution in [0.3, 0.4) is 0 Å². The van der Waals surface area contributed by atoms with Crippen LogP contribution in [0.5, 0.6) is 5.75 Å². The molecular weight excluding hydrogens is 306 g/mol. The van der Waals surface area contributed by atoms with E-state index in [0.29, 0.717) is 6.54 Å². The second-order valence-electron chi connectivity index (χ2n) is 6.63. The van der Waals surface area contributed by atoms with Gasteiger partial charge < -0.3 is 10.5 Å². The number of thiazole rings is 1. The van der Waals surface area contributed by atoms with Crippen molar-refractivity contribution in [1.82, 2.24) is 9.38 Å². The molecule has 0 aliphatic carbocycles. The van der Waals surface area contributed by atoms with E-state index < -0.39 is 0 Å². The number of para-hydroxylation sites is 1. The van der Waals surface area contributed by atoms with Crippen LogP contribution in [0, 0.1) is 0 Å². The number of hydrogen-bond acceptors (Lipinski definition) is 4. The van der Waals surface area contributed by atoms with Crippen LogP contribution in [0.25, 0.3) is 16.2 Å². The van der Waals surface area contributed by atoms with Crippen molar-refractivity contribution in [3.8, 4) is 17.0 Å². The van der Waals surface area contributed by atoms with Gasteiger partial charge in [0, 0.05) is 28.5 Å². The molecule has 2 N–H and O–H groups in total. The Morgan fingerprint density at radius 1 is 1.26 bits per heavy atom. The minimum Gasteiger partial charge on any atom is -0.496 e. The maximum absolute atomic E-state index is 5.87. The summed E-state index contributed by atoms with van der Waals surface area (Å²) in [6, 6.07) is 8.10. The fourth-order valence-electron chi connectivity index (χ4n) is 2.93. The SMILES string of the molecule is COc1ccccc1-c1csc2nc(C(C)(C)C)c(CCN)n12. The Labute approximate surface area is 140 Å². The number of methoxy groups -OCH3 is 1. The van der Waals surface area contributed by atoms with Gasteiger partial charge in [0.15, 0.2) is 4.96 Å². The first-order chi connectivity index (χ1) is 11.0. The monoisotopic (exact) mass is 329 g/mol. The minimum absolute atomic E-state index is 0.00567. The Hall–Kier alpha value is -1.85. The van der Waals surface area contributed by atoms with Crippen molar-refractivity contribution in [3.05, 3.63) is 41.0 Å². The van der Waals surface area contributed by atoms with Gasteiger partial charge in [-0.3, -0.25) is 4.40 Å². The second-order valence-corrected chi connectivity index (χ2v) is 7.47. The largest absolute Gasteiger partial charge is 0.496 e. The molecule has 0 bridgehead atoms. The van der Waals surface area contributed by atoms with Gasteiger partial charge in [-0.1, -0.05) is 32.9 Å². The first-order valence-electron chi connectivity index (χ1n) is 7.80. The third-order valence-electron chi connectivity index (χ3n) is 3.93. The molecule has 0 spiro atoms. The first kappa shape index (κ1) is 16.0. The molecule has 0 amide bonds. The molecule has 122 valence electrons. The smallest absolute Gasteiger partial charge is 0.194 e. The van der Waals surface area contributed by atoms with Gasteiger partial charge in [0.2, 0.25) is 0 Å². The molecule has 0 saturated heterocycles. The second kappa shape index (κ2) is 5.98. The zero-order chi connectivity index (χ0) is 16.6. The van der Waals surface area contributed by atoms with Crippen LogP contribution in [-0.4, -0.2) is 23.0 Å². The van der Waals surface area contributed by atoms with Crippen molar-refractivity contribution in [2.75, 3.05) is 13.7 Å². The van der Waals surface area contributed by atoms with E-state index in [1.54, 1.807) is 18.4 Å². The number of ether oxygens (including phenoxy) is 1. The van der Waals surface area contributed by atoms with E-state index in [-0.39, 0.29) is 5.41 Å². The van der Waals surface area contributed by atoms with E-state index in [4.69, 9.17) is 15.5 Å². The maximum Gasteiger partial charge on any atom is 0.194 e. The zero-order valence-corrected chi connectivity index (χ0v) is 14.9. The van der Waals surface area contributed by atoms with E-state index in [9.17, 15) is 0 Å². The van der Waals surface area contributed by atoms with Crippen molar-refractivity contribution < 1.29 is 4.74 Å². The fourth-order valence-corrected chi connectivity index (χ4v) is 3.84. The molecule has 0 atom stereocenters. The van der Waals surface area contributed by atoms with E-state index in [1.807, 2.05) is 18.2 Å². The van der Waals surface area contributed by atoms with Gasteiger partial charge >= 0.3 is 0 Å². The molecule has 0 radical (unpaired) electrons. The molecule has 0 aliphatic heterocycles. The van der Waals surface area contributed by atoms with Gasteiger partial charge in [-0.15, -0.1) is 11.3 Å². The molecule has 0 unspecified atom stereocenters. The third kappa shape index (κ3) is 2.75. The molecular formula is C18H23N3OS. The van der Waals surface area contributed by atoms with Crippen LogP contribution in [0.4, 0.5) is 0 Å².